The Morgan fingerprint density at radius 1 is 1.41 bits per heavy atom. The average Bonchev–Trinajstić information content (AvgIpc) is 3.13. The SMILES string of the molecule is CN(CCn1cccn1)C(=O)C1CC1c1ccc(Cl)c(Cl)c1. The first-order valence-electron chi connectivity index (χ1n) is 7.23. The van der Waals surface area contributed by atoms with Crippen molar-refractivity contribution in [1.29, 1.82) is 0 Å². The Hall–Kier alpha value is -1.52. The van der Waals surface area contributed by atoms with Gasteiger partial charge in [0, 0.05) is 31.9 Å². The Balaban J connectivity index is 1.56. The van der Waals surface area contributed by atoms with Crippen LogP contribution in [-0.4, -0.2) is 34.2 Å². The molecule has 4 nitrogen and oxygen atoms in total. The van der Waals surface area contributed by atoms with Crippen molar-refractivity contribution in [3.8, 4) is 0 Å². The van der Waals surface area contributed by atoms with Gasteiger partial charge in [-0.2, -0.15) is 5.10 Å². The lowest BCUT2D eigenvalue weighted by Crippen LogP contribution is -2.31. The lowest BCUT2D eigenvalue weighted by atomic mass is 10.1. The van der Waals surface area contributed by atoms with Gasteiger partial charge in [-0.25, -0.2) is 0 Å². The number of likely N-dealkylation sites (N-methyl/N-ethyl adjacent to an activating group) is 1. The first-order chi connectivity index (χ1) is 10.6. The molecule has 1 amide bonds. The summed E-state index contributed by atoms with van der Waals surface area (Å²) in [6.07, 6.45) is 4.51. The zero-order chi connectivity index (χ0) is 15.7. The molecule has 1 aliphatic rings. The molecule has 0 N–H and O–H groups in total. The highest BCUT2D eigenvalue weighted by Crippen LogP contribution is 2.49. The van der Waals surface area contributed by atoms with Crippen LogP contribution in [0.2, 0.25) is 10.0 Å². The van der Waals surface area contributed by atoms with Crippen LogP contribution in [0, 0.1) is 5.92 Å². The summed E-state index contributed by atoms with van der Waals surface area (Å²) in [6, 6.07) is 7.49. The summed E-state index contributed by atoms with van der Waals surface area (Å²) >= 11 is 12.0. The van der Waals surface area contributed by atoms with Gasteiger partial charge in [-0.05, 0) is 36.1 Å². The number of halogens is 2. The lowest BCUT2D eigenvalue weighted by Gasteiger charge is -2.17. The molecule has 0 aliphatic heterocycles. The van der Waals surface area contributed by atoms with Gasteiger partial charge in [0.15, 0.2) is 0 Å². The molecule has 3 rings (SSSR count). The molecule has 1 aromatic carbocycles. The normalized spacial score (nSPS) is 20.0. The second-order valence-corrected chi connectivity index (χ2v) is 6.47. The zero-order valence-electron chi connectivity index (χ0n) is 12.2. The van der Waals surface area contributed by atoms with E-state index in [1.54, 1.807) is 17.2 Å². The smallest absolute Gasteiger partial charge is 0.226 e. The Morgan fingerprint density at radius 3 is 2.91 bits per heavy atom. The number of amides is 1. The molecule has 0 radical (unpaired) electrons. The molecule has 0 saturated heterocycles. The molecule has 0 bridgehead atoms. The van der Waals surface area contributed by atoms with Crippen LogP contribution in [0.15, 0.2) is 36.7 Å². The van der Waals surface area contributed by atoms with Crippen LogP contribution in [0.3, 0.4) is 0 Å². The van der Waals surface area contributed by atoms with E-state index in [2.05, 4.69) is 5.10 Å². The topological polar surface area (TPSA) is 38.1 Å². The van der Waals surface area contributed by atoms with E-state index in [4.69, 9.17) is 23.2 Å². The minimum absolute atomic E-state index is 0.0554. The van der Waals surface area contributed by atoms with Gasteiger partial charge in [0.2, 0.25) is 5.91 Å². The first kappa shape index (κ1) is 15.4. The number of hydrogen-bond acceptors (Lipinski definition) is 2. The van der Waals surface area contributed by atoms with Gasteiger partial charge in [-0.3, -0.25) is 9.48 Å². The number of carbonyl (C=O) groups is 1. The summed E-state index contributed by atoms with van der Waals surface area (Å²) < 4.78 is 1.83. The van der Waals surface area contributed by atoms with Gasteiger partial charge in [0.1, 0.15) is 0 Å². The predicted octanol–water partition coefficient (Wildman–Crippen LogP) is 3.45. The van der Waals surface area contributed by atoms with Crippen LogP contribution in [-0.2, 0) is 11.3 Å². The molecule has 6 heteroatoms. The van der Waals surface area contributed by atoms with Crippen molar-refractivity contribution < 1.29 is 4.79 Å². The second kappa shape index (κ2) is 6.31. The van der Waals surface area contributed by atoms with Gasteiger partial charge in [-0.15, -0.1) is 0 Å². The summed E-state index contributed by atoms with van der Waals surface area (Å²) in [5, 5.41) is 5.23. The molecule has 2 unspecified atom stereocenters. The molecule has 1 aromatic heterocycles. The molecule has 2 atom stereocenters. The summed E-state index contributed by atoms with van der Waals surface area (Å²) in [7, 11) is 1.84. The molecular weight excluding hydrogens is 321 g/mol. The highest BCUT2D eigenvalue weighted by atomic mass is 35.5. The van der Waals surface area contributed by atoms with Crippen molar-refractivity contribution in [1.82, 2.24) is 14.7 Å². The van der Waals surface area contributed by atoms with Crippen LogP contribution >= 0.6 is 23.2 Å². The quantitative estimate of drug-likeness (QED) is 0.837. The fourth-order valence-electron chi connectivity index (χ4n) is 2.66. The van der Waals surface area contributed by atoms with Crippen LogP contribution < -0.4 is 0 Å². The van der Waals surface area contributed by atoms with Gasteiger partial charge in [0.25, 0.3) is 0 Å². The number of rotatable bonds is 5. The summed E-state index contributed by atoms with van der Waals surface area (Å²) in [5.41, 5.74) is 1.09. The fraction of sp³-hybridized carbons (Fsp3) is 0.375. The highest BCUT2D eigenvalue weighted by Gasteiger charge is 2.45. The minimum Gasteiger partial charge on any atom is -0.344 e. The van der Waals surface area contributed by atoms with Crippen molar-refractivity contribution in [2.24, 2.45) is 5.92 Å². The van der Waals surface area contributed by atoms with Gasteiger partial charge in [-0.1, -0.05) is 29.3 Å². The fourth-order valence-corrected chi connectivity index (χ4v) is 2.96. The monoisotopic (exact) mass is 337 g/mol. The van der Waals surface area contributed by atoms with Gasteiger partial charge < -0.3 is 4.90 Å². The van der Waals surface area contributed by atoms with E-state index < -0.39 is 0 Å². The Bertz CT molecular complexity index is 672. The van der Waals surface area contributed by atoms with Crippen LogP contribution in [0.25, 0.3) is 0 Å². The van der Waals surface area contributed by atoms with Crippen molar-refractivity contribution in [3.05, 3.63) is 52.3 Å². The van der Waals surface area contributed by atoms with Gasteiger partial charge >= 0.3 is 0 Å². The second-order valence-electron chi connectivity index (χ2n) is 5.65. The number of aromatic nitrogens is 2. The third kappa shape index (κ3) is 3.28. The third-order valence-electron chi connectivity index (χ3n) is 4.08. The van der Waals surface area contributed by atoms with Crippen LogP contribution in [0.5, 0.6) is 0 Å². The molecule has 1 heterocycles. The number of benzene rings is 1. The molecule has 1 fully saturated rings. The number of nitrogens with zero attached hydrogens (tertiary/aromatic N) is 3. The van der Waals surface area contributed by atoms with E-state index in [1.165, 1.54) is 0 Å². The molecular formula is C16H17Cl2N3O. The predicted molar refractivity (Wildman–Crippen MR) is 87.2 cm³/mol. The van der Waals surface area contributed by atoms with E-state index in [1.807, 2.05) is 36.1 Å². The Kier molecular flexibility index (Phi) is 4.41. The molecule has 1 saturated carbocycles. The van der Waals surface area contributed by atoms with Crippen LogP contribution in [0.1, 0.15) is 17.9 Å². The third-order valence-corrected chi connectivity index (χ3v) is 4.82. The van der Waals surface area contributed by atoms with Crippen LogP contribution in [0.4, 0.5) is 0 Å². The molecule has 22 heavy (non-hydrogen) atoms. The lowest BCUT2D eigenvalue weighted by molar-refractivity contribution is -0.131. The number of hydrogen-bond donors (Lipinski definition) is 0. The molecule has 0 spiro atoms. The molecule has 1 aliphatic carbocycles. The number of carbonyl (C=O) groups excluding carboxylic acids is 1. The average molecular weight is 338 g/mol. The van der Waals surface area contributed by atoms with Crippen molar-refractivity contribution in [2.45, 2.75) is 18.9 Å². The van der Waals surface area contributed by atoms with Crippen molar-refractivity contribution >= 4 is 29.1 Å². The van der Waals surface area contributed by atoms with E-state index in [9.17, 15) is 4.79 Å². The molecule has 116 valence electrons. The Morgan fingerprint density at radius 2 is 2.23 bits per heavy atom. The van der Waals surface area contributed by atoms with E-state index in [0.29, 0.717) is 23.1 Å². The standard InChI is InChI=1S/C16H17Cl2N3O/c1-20(7-8-21-6-2-5-19-21)16(22)13-10-12(13)11-3-4-14(17)15(18)9-11/h2-6,9,12-13H,7-8,10H2,1H3. The Labute approximate surface area is 139 Å². The largest absolute Gasteiger partial charge is 0.344 e. The van der Waals surface area contributed by atoms with Crippen molar-refractivity contribution in [3.63, 3.8) is 0 Å². The first-order valence-corrected chi connectivity index (χ1v) is 7.99. The maximum atomic E-state index is 12.4. The van der Waals surface area contributed by atoms with E-state index in [0.717, 1.165) is 12.0 Å². The zero-order valence-corrected chi connectivity index (χ0v) is 13.8. The molecule has 2 aromatic rings. The summed E-state index contributed by atoms with van der Waals surface area (Å²) in [5.74, 6) is 0.498. The summed E-state index contributed by atoms with van der Waals surface area (Å²) in [4.78, 5) is 14.2. The van der Waals surface area contributed by atoms with Crippen molar-refractivity contribution in [2.75, 3.05) is 13.6 Å². The maximum absolute atomic E-state index is 12.4. The van der Waals surface area contributed by atoms with Gasteiger partial charge in [0.05, 0.1) is 16.6 Å². The van der Waals surface area contributed by atoms with E-state index in [-0.39, 0.29) is 17.7 Å². The minimum atomic E-state index is 0.0554. The highest BCUT2D eigenvalue weighted by molar-refractivity contribution is 6.42. The summed E-state index contributed by atoms with van der Waals surface area (Å²) in [6.45, 7) is 1.37. The van der Waals surface area contributed by atoms with E-state index >= 15 is 0 Å². The maximum Gasteiger partial charge on any atom is 0.226 e.